The summed E-state index contributed by atoms with van der Waals surface area (Å²) in [5, 5.41) is 4.29. The van der Waals surface area contributed by atoms with E-state index < -0.39 is 0 Å². The number of likely N-dealkylation sites (N-methyl/N-ethyl adjacent to an activating group) is 2. The van der Waals surface area contributed by atoms with E-state index in [2.05, 4.69) is 101 Å². The number of fused-ring (bicyclic) bond motifs is 1. The summed E-state index contributed by atoms with van der Waals surface area (Å²) in [6, 6.07) is 27.3. The van der Waals surface area contributed by atoms with Gasteiger partial charge in [0.2, 0.25) is 0 Å². The largest absolute Gasteiger partial charge is 0.492 e. The zero-order valence-corrected chi connectivity index (χ0v) is 24.0. The van der Waals surface area contributed by atoms with Crippen molar-refractivity contribution in [1.29, 1.82) is 0 Å². The molecule has 0 radical (unpaired) electrons. The van der Waals surface area contributed by atoms with Gasteiger partial charge in [-0.05, 0) is 63.9 Å². The van der Waals surface area contributed by atoms with Crippen LogP contribution in [0.25, 0.3) is 10.9 Å². The minimum Gasteiger partial charge on any atom is -0.492 e. The second-order valence-electron chi connectivity index (χ2n) is 10.6. The Labute approximate surface area is 233 Å². The van der Waals surface area contributed by atoms with Crippen LogP contribution < -0.4 is 10.1 Å². The molecule has 206 valence electrons. The normalized spacial score (nSPS) is 12.3. The molecule has 1 amide bonds. The van der Waals surface area contributed by atoms with Crippen LogP contribution in [0.2, 0.25) is 0 Å². The maximum absolute atomic E-state index is 13.9. The number of rotatable bonds is 13. The van der Waals surface area contributed by atoms with Gasteiger partial charge in [-0.25, -0.2) is 0 Å². The summed E-state index contributed by atoms with van der Waals surface area (Å²) < 4.78 is 8.20. The summed E-state index contributed by atoms with van der Waals surface area (Å²) in [6.07, 6.45) is 0.885. The summed E-state index contributed by atoms with van der Waals surface area (Å²) in [4.78, 5) is 18.2. The number of amides is 1. The van der Waals surface area contributed by atoms with Gasteiger partial charge < -0.3 is 24.4 Å². The molecule has 0 aliphatic heterocycles. The Morgan fingerprint density at radius 3 is 2.15 bits per heavy atom. The van der Waals surface area contributed by atoms with Crippen LogP contribution in [0.3, 0.4) is 0 Å². The van der Waals surface area contributed by atoms with Crippen LogP contribution in [0.4, 0.5) is 0 Å². The van der Waals surface area contributed by atoms with E-state index >= 15 is 0 Å². The lowest BCUT2D eigenvalue weighted by Gasteiger charge is -2.22. The number of carbonyl (C=O) groups excluding carboxylic acids is 1. The Hall–Kier alpha value is -3.61. The molecule has 1 heterocycles. The van der Waals surface area contributed by atoms with Gasteiger partial charge in [0.15, 0.2) is 0 Å². The third-order valence-electron chi connectivity index (χ3n) is 6.97. The Kier molecular flexibility index (Phi) is 9.79. The van der Waals surface area contributed by atoms with E-state index in [4.69, 9.17) is 4.74 Å². The Bertz CT molecular complexity index is 1340. The standard InChI is InChI=1S/C33H42N4O2/c1-6-20-34-33(38)32-31(28-14-10-11-15-29(28)37(32)22-21-35(2)3)30(25-12-8-7-9-13-25)26-16-18-27(19-17-26)39-24-23-36(4)5/h7-19,30H,6,20-24H2,1-5H3,(H,34,38). The first-order valence-corrected chi connectivity index (χ1v) is 13.9. The van der Waals surface area contributed by atoms with Crippen LogP contribution in [0.5, 0.6) is 5.75 Å². The molecule has 3 aromatic carbocycles. The van der Waals surface area contributed by atoms with Gasteiger partial charge in [-0.2, -0.15) is 0 Å². The fourth-order valence-electron chi connectivity index (χ4n) is 5.00. The number of aromatic nitrogens is 1. The first kappa shape index (κ1) is 28.4. The van der Waals surface area contributed by atoms with Gasteiger partial charge >= 0.3 is 0 Å². The first-order valence-electron chi connectivity index (χ1n) is 13.9. The average Bonchev–Trinajstić information content (AvgIpc) is 3.26. The zero-order valence-electron chi connectivity index (χ0n) is 24.0. The topological polar surface area (TPSA) is 49.7 Å². The molecule has 0 spiro atoms. The van der Waals surface area contributed by atoms with E-state index in [-0.39, 0.29) is 11.8 Å². The van der Waals surface area contributed by atoms with Gasteiger partial charge in [-0.1, -0.05) is 67.6 Å². The van der Waals surface area contributed by atoms with E-state index in [9.17, 15) is 4.79 Å². The molecule has 0 saturated carbocycles. The van der Waals surface area contributed by atoms with Crippen molar-refractivity contribution >= 4 is 16.8 Å². The number of hydrogen-bond acceptors (Lipinski definition) is 4. The van der Waals surface area contributed by atoms with Crippen LogP contribution in [-0.4, -0.2) is 74.7 Å². The molecule has 4 rings (SSSR count). The summed E-state index contributed by atoms with van der Waals surface area (Å²) >= 11 is 0. The first-order chi connectivity index (χ1) is 18.9. The van der Waals surface area contributed by atoms with Crippen LogP contribution in [-0.2, 0) is 6.54 Å². The van der Waals surface area contributed by atoms with E-state index in [1.165, 1.54) is 0 Å². The molecule has 0 fully saturated rings. The second kappa shape index (κ2) is 13.5. The fourth-order valence-corrected chi connectivity index (χ4v) is 5.00. The Morgan fingerprint density at radius 1 is 0.846 bits per heavy atom. The van der Waals surface area contributed by atoms with Gasteiger partial charge in [0.25, 0.3) is 5.91 Å². The van der Waals surface area contributed by atoms with Gasteiger partial charge in [0.1, 0.15) is 18.1 Å². The van der Waals surface area contributed by atoms with Crippen LogP contribution >= 0.6 is 0 Å². The summed E-state index contributed by atoms with van der Waals surface area (Å²) in [7, 11) is 8.22. The molecule has 0 saturated heterocycles. The molecule has 0 bridgehead atoms. The molecule has 1 N–H and O–H groups in total. The second-order valence-corrected chi connectivity index (χ2v) is 10.6. The number of hydrogen-bond donors (Lipinski definition) is 1. The van der Waals surface area contributed by atoms with Crippen molar-refractivity contribution in [2.24, 2.45) is 0 Å². The third kappa shape index (κ3) is 6.88. The number of carbonyl (C=O) groups is 1. The number of ether oxygens (including phenoxy) is 1. The maximum atomic E-state index is 13.9. The van der Waals surface area contributed by atoms with Gasteiger partial charge in [0, 0.05) is 48.6 Å². The summed E-state index contributed by atoms with van der Waals surface area (Å²) in [5.41, 5.74) is 5.15. The quantitative estimate of drug-likeness (QED) is 0.251. The van der Waals surface area contributed by atoms with Crippen molar-refractivity contribution < 1.29 is 9.53 Å². The molecule has 0 aliphatic carbocycles. The highest BCUT2D eigenvalue weighted by molar-refractivity contribution is 6.02. The molecular formula is C33H42N4O2. The smallest absolute Gasteiger partial charge is 0.268 e. The molecule has 6 heteroatoms. The molecule has 0 aliphatic rings. The van der Waals surface area contributed by atoms with E-state index in [1.54, 1.807) is 0 Å². The molecule has 6 nitrogen and oxygen atoms in total. The molecule has 39 heavy (non-hydrogen) atoms. The minimum atomic E-state index is -0.116. The third-order valence-corrected chi connectivity index (χ3v) is 6.97. The SMILES string of the molecule is CCCNC(=O)c1c(C(c2ccccc2)c2ccc(OCCN(C)C)cc2)c2ccccc2n1CCN(C)C. The number of benzene rings is 3. The summed E-state index contributed by atoms with van der Waals surface area (Å²) in [5.74, 6) is 0.711. The lowest BCUT2D eigenvalue weighted by molar-refractivity contribution is 0.0943. The van der Waals surface area contributed by atoms with Crippen LogP contribution in [0.15, 0.2) is 78.9 Å². The van der Waals surface area contributed by atoms with Crippen molar-refractivity contribution in [1.82, 2.24) is 19.7 Å². The van der Waals surface area contributed by atoms with E-state index in [0.717, 1.165) is 65.1 Å². The van der Waals surface area contributed by atoms with Crippen LogP contribution in [0, 0.1) is 0 Å². The van der Waals surface area contributed by atoms with Crippen molar-refractivity contribution in [3.8, 4) is 5.75 Å². The van der Waals surface area contributed by atoms with E-state index in [0.29, 0.717) is 13.2 Å². The van der Waals surface area contributed by atoms with Gasteiger partial charge in [-0.3, -0.25) is 4.79 Å². The predicted octanol–water partition coefficient (Wildman–Crippen LogP) is 5.46. The number of nitrogens with one attached hydrogen (secondary N) is 1. The highest BCUT2D eigenvalue weighted by Gasteiger charge is 2.30. The Balaban J connectivity index is 1.89. The highest BCUT2D eigenvalue weighted by Crippen LogP contribution is 2.40. The van der Waals surface area contributed by atoms with Crippen molar-refractivity contribution in [2.45, 2.75) is 25.8 Å². The van der Waals surface area contributed by atoms with Crippen molar-refractivity contribution in [3.63, 3.8) is 0 Å². The van der Waals surface area contributed by atoms with Gasteiger partial charge in [0.05, 0.1) is 0 Å². The molecule has 1 atom stereocenters. The predicted molar refractivity (Wildman–Crippen MR) is 161 cm³/mol. The lowest BCUT2D eigenvalue weighted by Crippen LogP contribution is -2.29. The molecule has 1 unspecified atom stereocenters. The maximum Gasteiger partial charge on any atom is 0.268 e. The molecule has 1 aromatic heterocycles. The monoisotopic (exact) mass is 526 g/mol. The van der Waals surface area contributed by atoms with E-state index in [1.807, 2.05) is 32.3 Å². The summed E-state index contributed by atoms with van der Waals surface area (Å²) in [6.45, 7) is 5.77. The lowest BCUT2D eigenvalue weighted by atomic mass is 9.83. The fraction of sp³-hybridized carbons (Fsp3) is 0.364. The number of nitrogens with zero attached hydrogens (tertiary/aromatic N) is 3. The average molecular weight is 527 g/mol. The number of para-hydroxylation sites is 1. The molecule has 4 aromatic rings. The van der Waals surface area contributed by atoms with Crippen molar-refractivity contribution in [2.75, 3.05) is 54.4 Å². The van der Waals surface area contributed by atoms with Gasteiger partial charge in [-0.15, -0.1) is 0 Å². The van der Waals surface area contributed by atoms with Crippen LogP contribution in [0.1, 0.15) is 46.4 Å². The minimum absolute atomic E-state index is 0.0219. The van der Waals surface area contributed by atoms with Crippen molar-refractivity contribution in [3.05, 3.63) is 101 Å². The highest BCUT2D eigenvalue weighted by atomic mass is 16.5. The zero-order chi connectivity index (χ0) is 27.8. The Morgan fingerprint density at radius 2 is 1.49 bits per heavy atom. The molecular weight excluding hydrogens is 484 g/mol.